The molecule has 2 N–H and O–H groups in total. The summed E-state index contributed by atoms with van der Waals surface area (Å²) < 4.78 is 5.20. The highest BCUT2D eigenvalue weighted by atomic mass is 16.5. The molecule has 134 valence electrons. The predicted molar refractivity (Wildman–Crippen MR) is 97.4 cm³/mol. The summed E-state index contributed by atoms with van der Waals surface area (Å²) >= 11 is 0. The minimum atomic E-state index is -0.688. The van der Waals surface area contributed by atoms with Gasteiger partial charge in [0.25, 0.3) is 5.91 Å². The molecule has 0 unspecified atom stereocenters. The second-order valence-corrected chi connectivity index (χ2v) is 6.75. The zero-order valence-electron chi connectivity index (χ0n) is 15.0. The van der Waals surface area contributed by atoms with E-state index in [2.05, 4.69) is 10.3 Å². The summed E-state index contributed by atoms with van der Waals surface area (Å²) in [5.74, 6) is -0.165. The number of carbonyl (C=O) groups excluding carboxylic acids is 1. The highest BCUT2D eigenvalue weighted by Gasteiger charge is 2.17. The topological polar surface area (TPSA) is 71.5 Å². The Balaban J connectivity index is 2.01. The van der Waals surface area contributed by atoms with Crippen LogP contribution >= 0.6 is 0 Å². The van der Waals surface area contributed by atoms with Gasteiger partial charge in [0, 0.05) is 18.9 Å². The molecular weight excluding hydrogens is 316 g/mol. The molecule has 1 atom stereocenters. The Morgan fingerprint density at radius 1 is 1.24 bits per heavy atom. The first-order valence-corrected chi connectivity index (χ1v) is 8.41. The third-order valence-corrected chi connectivity index (χ3v) is 3.93. The van der Waals surface area contributed by atoms with Gasteiger partial charge in [-0.05, 0) is 56.5 Å². The first-order valence-electron chi connectivity index (χ1n) is 8.41. The Morgan fingerprint density at radius 3 is 2.52 bits per heavy atom. The zero-order chi connectivity index (χ0) is 18.3. The maximum atomic E-state index is 12.5. The Morgan fingerprint density at radius 2 is 1.96 bits per heavy atom. The molecule has 0 aliphatic heterocycles. The highest BCUT2D eigenvalue weighted by Crippen LogP contribution is 2.15. The van der Waals surface area contributed by atoms with Gasteiger partial charge in [0.05, 0.1) is 23.9 Å². The Bertz CT molecular complexity index is 664. The second-order valence-electron chi connectivity index (χ2n) is 6.75. The van der Waals surface area contributed by atoms with Crippen molar-refractivity contribution in [3.63, 3.8) is 0 Å². The van der Waals surface area contributed by atoms with Crippen LogP contribution in [0.5, 0.6) is 0 Å². The summed E-state index contributed by atoms with van der Waals surface area (Å²) in [7, 11) is 1.60. The smallest absolute Gasteiger partial charge is 0.251 e. The van der Waals surface area contributed by atoms with E-state index >= 15 is 0 Å². The van der Waals surface area contributed by atoms with E-state index in [1.54, 1.807) is 39.3 Å². The maximum absolute atomic E-state index is 12.5. The third kappa shape index (κ3) is 6.29. The first kappa shape index (κ1) is 19.1. The zero-order valence-corrected chi connectivity index (χ0v) is 15.0. The summed E-state index contributed by atoms with van der Waals surface area (Å²) in [6, 6.07) is 12.7. The van der Waals surface area contributed by atoms with Crippen molar-refractivity contribution in [1.82, 2.24) is 10.3 Å². The summed E-state index contributed by atoms with van der Waals surface area (Å²) in [5.41, 5.74) is 1.76. The van der Waals surface area contributed by atoms with E-state index in [0.717, 1.165) is 17.7 Å². The molecule has 0 aliphatic rings. The average Bonchev–Trinajstić information content (AvgIpc) is 2.60. The van der Waals surface area contributed by atoms with Gasteiger partial charge in [-0.3, -0.25) is 9.78 Å². The number of rotatable bonds is 8. The van der Waals surface area contributed by atoms with E-state index in [-0.39, 0.29) is 11.9 Å². The highest BCUT2D eigenvalue weighted by molar-refractivity contribution is 5.94. The van der Waals surface area contributed by atoms with Crippen molar-refractivity contribution < 1.29 is 14.6 Å². The molecule has 1 aromatic heterocycles. The van der Waals surface area contributed by atoms with Crippen LogP contribution in [0.3, 0.4) is 0 Å². The van der Waals surface area contributed by atoms with Crippen LogP contribution in [0.4, 0.5) is 0 Å². The van der Waals surface area contributed by atoms with Crippen molar-refractivity contribution in [2.24, 2.45) is 0 Å². The number of pyridine rings is 1. The lowest BCUT2D eigenvalue weighted by atomic mass is 9.98. The first-order chi connectivity index (χ1) is 11.9. The van der Waals surface area contributed by atoms with Gasteiger partial charge in [-0.25, -0.2) is 0 Å². The molecule has 0 spiro atoms. The van der Waals surface area contributed by atoms with E-state index in [1.165, 1.54) is 0 Å². The number of hydrogen-bond acceptors (Lipinski definition) is 4. The SMILES string of the molecule is COC[C@@H](NC(=O)c1ccc(CCC(C)(C)O)cc1)c1ccccn1. The Labute approximate surface area is 149 Å². The maximum Gasteiger partial charge on any atom is 0.251 e. The monoisotopic (exact) mass is 342 g/mol. The minimum Gasteiger partial charge on any atom is -0.390 e. The lowest BCUT2D eigenvalue weighted by Crippen LogP contribution is -2.31. The molecule has 0 saturated carbocycles. The fraction of sp³-hybridized carbons (Fsp3) is 0.400. The molecule has 0 fully saturated rings. The van der Waals surface area contributed by atoms with Gasteiger partial charge in [-0.1, -0.05) is 18.2 Å². The van der Waals surface area contributed by atoms with Gasteiger partial charge >= 0.3 is 0 Å². The molecule has 0 saturated heterocycles. The quantitative estimate of drug-likeness (QED) is 0.774. The van der Waals surface area contributed by atoms with Crippen LogP contribution in [0.2, 0.25) is 0 Å². The average molecular weight is 342 g/mol. The number of ether oxygens (including phenoxy) is 1. The number of carbonyl (C=O) groups is 1. The molecule has 1 aromatic carbocycles. The van der Waals surface area contributed by atoms with Crippen molar-refractivity contribution >= 4 is 5.91 Å². The van der Waals surface area contributed by atoms with Crippen molar-refractivity contribution in [2.75, 3.05) is 13.7 Å². The van der Waals surface area contributed by atoms with E-state index < -0.39 is 5.60 Å². The molecule has 2 rings (SSSR count). The number of benzene rings is 1. The number of aryl methyl sites for hydroxylation is 1. The van der Waals surface area contributed by atoms with E-state index in [1.807, 2.05) is 30.3 Å². The number of aliphatic hydroxyl groups is 1. The van der Waals surface area contributed by atoms with Crippen LogP contribution < -0.4 is 5.32 Å². The standard InChI is InChI=1S/C20H26N2O3/c1-20(2,24)12-11-15-7-9-16(10-8-15)19(23)22-18(14-25-3)17-6-4-5-13-21-17/h4-10,13,18,24H,11-12,14H2,1-3H3,(H,22,23)/t18-/m1/s1. The van der Waals surface area contributed by atoms with Crippen LogP contribution in [-0.2, 0) is 11.2 Å². The number of nitrogens with zero attached hydrogens (tertiary/aromatic N) is 1. The van der Waals surface area contributed by atoms with Crippen molar-refractivity contribution in [2.45, 2.75) is 38.3 Å². The van der Waals surface area contributed by atoms with Gasteiger partial charge in [-0.2, -0.15) is 0 Å². The number of methoxy groups -OCH3 is 1. The fourth-order valence-corrected chi connectivity index (χ4v) is 2.46. The molecule has 1 amide bonds. The van der Waals surface area contributed by atoms with Crippen LogP contribution in [0, 0.1) is 0 Å². The molecule has 0 radical (unpaired) electrons. The van der Waals surface area contributed by atoms with Crippen molar-refractivity contribution in [1.29, 1.82) is 0 Å². The predicted octanol–water partition coefficient (Wildman–Crippen LogP) is 2.90. The summed E-state index contributed by atoms with van der Waals surface area (Å²) in [4.78, 5) is 16.8. The second kappa shape index (κ2) is 8.74. The Kier molecular flexibility index (Phi) is 6.67. The largest absolute Gasteiger partial charge is 0.390 e. The number of hydrogen-bond donors (Lipinski definition) is 2. The van der Waals surface area contributed by atoms with Gasteiger partial charge in [0.2, 0.25) is 0 Å². The van der Waals surface area contributed by atoms with Gasteiger partial charge in [-0.15, -0.1) is 0 Å². The van der Waals surface area contributed by atoms with Crippen LogP contribution in [0.1, 0.15) is 47.9 Å². The number of amides is 1. The van der Waals surface area contributed by atoms with Crippen molar-refractivity contribution in [3.8, 4) is 0 Å². The van der Waals surface area contributed by atoms with Crippen molar-refractivity contribution in [3.05, 3.63) is 65.5 Å². The normalized spacial score (nSPS) is 12.6. The van der Waals surface area contributed by atoms with Gasteiger partial charge in [0.1, 0.15) is 0 Å². The van der Waals surface area contributed by atoms with Crippen LogP contribution in [0.15, 0.2) is 48.7 Å². The molecule has 0 bridgehead atoms. The molecule has 2 aromatic rings. The molecule has 5 nitrogen and oxygen atoms in total. The van der Waals surface area contributed by atoms with Gasteiger partial charge < -0.3 is 15.2 Å². The molecule has 25 heavy (non-hydrogen) atoms. The summed E-state index contributed by atoms with van der Waals surface area (Å²) in [6.07, 6.45) is 3.14. The third-order valence-electron chi connectivity index (χ3n) is 3.93. The van der Waals surface area contributed by atoms with E-state index in [9.17, 15) is 9.90 Å². The minimum absolute atomic E-state index is 0.165. The van der Waals surface area contributed by atoms with Crippen LogP contribution in [-0.4, -0.2) is 35.3 Å². The molecule has 0 aliphatic carbocycles. The molecular formula is C20H26N2O3. The van der Waals surface area contributed by atoms with Gasteiger partial charge in [0.15, 0.2) is 0 Å². The van der Waals surface area contributed by atoms with E-state index in [0.29, 0.717) is 18.6 Å². The fourth-order valence-electron chi connectivity index (χ4n) is 2.46. The number of nitrogens with one attached hydrogen (secondary N) is 1. The molecule has 1 heterocycles. The lowest BCUT2D eigenvalue weighted by Gasteiger charge is -2.18. The summed E-state index contributed by atoms with van der Waals surface area (Å²) in [5, 5.41) is 12.8. The Hall–Kier alpha value is -2.24. The molecule has 5 heteroatoms. The van der Waals surface area contributed by atoms with E-state index in [4.69, 9.17) is 4.74 Å². The van der Waals surface area contributed by atoms with Crippen LogP contribution in [0.25, 0.3) is 0 Å². The lowest BCUT2D eigenvalue weighted by molar-refractivity contribution is 0.0713. The number of aromatic nitrogens is 1. The summed E-state index contributed by atoms with van der Waals surface area (Å²) in [6.45, 7) is 3.94.